The van der Waals surface area contributed by atoms with Crippen LogP contribution in [0.3, 0.4) is 0 Å². The first-order chi connectivity index (χ1) is 11.0. The van der Waals surface area contributed by atoms with Crippen LogP contribution < -0.4 is 9.62 Å². The molecule has 6 nitrogen and oxygen atoms in total. The van der Waals surface area contributed by atoms with E-state index >= 15 is 0 Å². The number of sulfonamides is 1. The monoisotopic (exact) mass is 333 g/mol. The Morgan fingerprint density at radius 2 is 2.17 bits per heavy atom. The molecule has 0 unspecified atom stereocenters. The molecule has 4 rings (SSSR count). The number of hydrogen-bond donors (Lipinski definition) is 1. The van der Waals surface area contributed by atoms with E-state index in [9.17, 15) is 8.42 Å². The molecule has 1 aromatic heterocycles. The molecule has 1 saturated carbocycles. The summed E-state index contributed by atoms with van der Waals surface area (Å²) in [4.78, 5) is 2.36. The number of benzene rings is 1. The molecule has 1 N–H and O–H groups in total. The molecule has 7 heteroatoms. The topological polar surface area (TPSA) is 75.4 Å². The highest BCUT2D eigenvalue weighted by molar-refractivity contribution is 7.92. The van der Waals surface area contributed by atoms with Gasteiger partial charge < -0.3 is 9.42 Å². The van der Waals surface area contributed by atoms with Crippen LogP contribution >= 0.6 is 0 Å². The summed E-state index contributed by atoms with van der Waals surface area (Å²) in [6.45, 7) is 0.943. The average Bonchev–Trinajstić information content (AvgIpc) is 3.27. The van der Waals surface area contributed by atoms with Crippen LogP contribution in [-0.2, 0) is 16.4 Å². The standard InChI is InChI=1S/C16H19N3O3S/c1-19-8-2-3-12-6-7-13(9-15(12)19)23(20,21)18-16-14(10-22-17-16)11-4-5-11/h6-7,9-11H,2-5,8H2,1H3,(H,17,18). The van der Waals surface area contributed by atoms with Gasteiger partial charge in [0.25, 0.3) is 10.0 Å². The molecule has 1 aromatic carbocycles. The van der Waals surface area contributed by atoms with Gasteiger partial charge in [0, 0.05) is 24.8 Å². The lowest BCUT2D eigenvalue weighted by molar-refractivity contribution is 0.422. The Balaban J connectivity index is 1.66. The van der Waals surface area contributed by atoms with Crippen LogP contribution in [0.5, 0.6) is 0 Å². The van der Waals surface area contributed by atoms with Gasteiger partial charge >= 0.3 is 0 Å². The molecular formula is C16H19N3O3S. The van der Waals surface area contributed by atoms with Crippen LogP contribution in [0.1, 0.15) is 36.3 Å². The van der Waals surface area contributed by atoms with E-state index in [-0.39, 0.29) is 4.90 Å². The molecule has 2 aromatic rings. The lowest BCUT2D eigenvalue weighted by Crippen LogP contribution is -2.25. The Bertz CT molecular complexity index is 840. The molecule has 0 radical (unpaired) electrons. The average molecular weight is 333 g/mol. The van der Waals surface area contributed by atoms with Crippen molar-refractivity contribution in [1.29, 1.82) is 0 Å². The van der Waals surface area contributed by atoms with Gasteiger partial charge in [0.05, 0.1) is 4.90 Å². The minimum Gasteiger partial charge on any atom is -0.374 e. The molecule has 23 heavy (non-hydrogen) atoms. The maximum Gasteiger partial charge on any atom is 0.263 e. The van der Waals surface area contributed by atoms with Crippen molar-refractivity contribution in [3.63, 3.8) is 0 Å². The second-order valence-electron chi connectivity index (χ2n) is 6.31. The number of hydrogen-bond acceptors (Lipinski definition) is 5. The van der Waals surface area contributed by atoms with Crippen molar-refractivity contribution >= 4 is 21.5 Å². The molecule has 0 atom stereocenters. The SMILES string of the molecule is CN1CCCc2ccc(S(=O)(=O)Nc3nocc3C3CC3)cc21. The highest BCUT2D eigenvalue weighted by atomic mass is 32.2. The second kappa shape index (κ2) is 5.26. The molecule has 1 aliphatic carbocycles. The lowest BCUT2D eigenvalue weighted by atomic mass is 10.0. The van der Waals surface area contributed by atoms with Crippen LogP contribution in [0.4, 0.5) is 11.5 Å². The van der Waals surface area contributed by atoms with Gasteiger partial charge in [-0.1, -0.05) is 11.2 Å². The summed E-state index contributed by atoms with van der Waals surface area (Å²) in [7, 11) is -1.68. The number of nitrogens with zero attached hydrogens (tertiary/aromatic N) is 2. The summed E-state index contributed by atoms with van der Waals surface area (Å²) in [5.74, 6) is 0.687. The summed E-state index contributed by atoms with van der Waals surface area (Å²) in [5.41, 5.74) is 3.03. The number of nitrogens with one attached hydrogen (secondary N) is 1. The number of fused-ring (bicyclic) bond motifs is 1. The van der Waals surface area contributed by atoms with Crippen molar-refractivity contribution in [1.82, 2.24) is 5.16 Å². The first-order valence-corrected chi connectivity index (χ1v) is 9.34. The molecule has 0 amide bonds. The van der Waals surface area contributed by atoms with Gasteiger partial charge in [-0.15, -0.1) is 0 Å². The normalized spacial score (nSPS) is 17.9. The van der Waals surface area contributed by atoms with E-state index in [1.165, 1.54) is 11.8 Å². The molecule has 1 fully saturated rings. The fourth-order valence-corrected chi connectivity index (χ4v) is 4.14. The zero-order chi connectivity index (χ0) is 16.0. The Labute approximate surface area is 135 Å². The van der Waals surface area contributed by atoms with E-state index in [1.807, 2.05) is 13.1 Å². The third-order valence-electron chi connectivity index (χ3n) is 4.56. The summed E-state index contributed by atoms with van der Waals surface area (Å²) >= 11 is 0. The van der Waals surface area contributed by atoms with Crippen molar-refractivity contribution in [2.75, 3.05) is 23.2 Å². The van der Waals surface area contributed by atoms with E-state index in [1.54, 1.807) is 12.1 Å². The fourth-order valence-electron chi connectivity index (χ4n) is 3.10. The van der Waals surface area contributed by atoms with Crippen molar-refractivity contribution < 1.29 is 12.9 Å². The number of aromatic nitrogens is 1. The first kappa shape index (κ1) is 14.6. The second-order valence-corrected chi connectivity index (χ2v) is 8.00. The Kier molecular flexibility index (Phi) is 3.33. The largest absolute Gasteiger partial charge is 0.374 e. The predicted molar refractivity (Wildman–Crippen MR) is 87.3 cm³/mol. The van der Waals surface area contributed by atoms with E-state index in [4.69, 9.17) is 4.52 Å². The van der Waals surface area contributed by atoms with Gasteiger partial charge in [0.2, 0.25) is 0 Å². The maximum atomic E-state index is 12.7. The van der Waals surface area contributed by atoms with Gasteiger partial charge in [0.1, 0.15) is 6.26 Å². The van der Waals surface area contributed by atoms with Crippen LogP contribution in [0.15, 0.2) is 33.9 Å². The molecule has 122 valence electrons. The third kappa shape index (κ3) is 2.69. The smallest absolute Gasteiger partial charge is 0.263 e. The van der Waals surface area contributed by atoms with Crippen molar-refractivity contribution in [3.05, 3.63) is 35.6 Å². The van der Waals surface area contributed by atoms with Crippen molar-refractivity contribution in [2.24, 2.45) is 0 Å². The van der Waals surface area contributed by atoms with Crippen LogP contribution in [-0.4, -0.2) is 27.2 Å². The highest BCUT2D eigenvalue weighted by Gasteiger charge is 2.30. The summed E-state index contributed by atoms with van der Waals surface area (Å²) in [6, 6.07) is 5.31. The maximum absolute atomic E-state index is 12.7. The molecule has 0 bridgehead atoms. The van der Waals surface area contributed by atoms with Gasteiger partial charge in [0.15, 0.2) is 5.82 Å². The number of aryl methyl sites for hydroxylation is 1. The Morgan fingerprint density at radius 3 is 2.96 bits per heavy atom. The fraction of sp³-hybridized carbons (Fsp3) is 0.438. The quantitative estimate of drug-likeness (QED) is 0.931. The Morgan fingerprint density at radius 1 is 1.35 bits per heavy atom. The van der Waals surface area contributed by atoms with E-state index in [0.29, 0.717) is 11.7 Å². The van der Waals surface area contributed by atoms with E-state index in [0.717, 1.165) is 43.5 Å². The Hall–Kier alpha value is -2.02. The lowest BCUT2D eigenvalue weighted by Gasteiger charge is -2.27. The summed E-state index contributed by atoms with van der Waals surface area (Å²) < 4.78 is 32.9. The number of rotatable bonds is 4. The molecule has 0 spiro atoms. The van der Waals surface area contributed by atoms with E-state index < -0.39 is 10.0 Å². The minimum absolute atomic E-state index is 0.259. The van der Waals surface area contributed by atoms with E-state index in [2.05, 4.69) is 14.8 Å². The molecule has 0 saturated heterocycles. The van der Waals surface area contributed by atoms with Gasteiger partial charge in [-0.2, -0.15) is 0 Å². The molecular weight excluding hydrogens is 314 g/mol. The molecule has 1 aliphatic heterocycles. The molecule has 2 aliphatic rings. The third-order valence-corrected chi connectivity index (χ3v) is 5.90. The van der Waals surface area contributed by atoms with Crippen molar-refractivity contribution in [2.45, 2.75) is 36.5 Å². The predicted octanol–water partition coefficient (Wildman–Crippen LogP) is 2.74. The summed E-state index contributed by atoms with van der Waals surface area (Å²) in [6.07, 6.45) is 5.73. The molecule has 2 heterocycles. The van der Waals surface area contributed by atoms with Gasteiger partial charge in [-0.3, -0.25) is 4.72 Å². The van der Waals surface area contributed by atoms with Crippen LogP contribution in [0.25, 0.3) is 0 Å². The van der Waals surface area contributed by atoms with Gasteiger partial charge in [-0.25, -0.2) is 8.42 Å². The zero-order valence-corrected chi connectivity index (χ0v) is 13.8. The van der Waals surface area contributed by atoms with Gasteiger partial charge in [-0.05, 0) is 49.3 Å². The minimum atomic E-state index is -3.67. The zero-order valence-electron chi connectivity index (χ0n) is 12.9. The van der Waals surface area contributed by atoms with Crippen LogP contribution in [0.2, 0.25) is 0 Å². The number of anilines is 2. The summed E-state index contributed by atoms with van der Waals surface area (Å²) in [5, 5.41) is 3.81. The van der Waals surface area contributed by atoms with Crippen LogP contribution in [0, 0.1) is 0 Å². The van der Waals surface area contributed by atoms with Crippen molar-refractivity contribution in [3.8, 4) is 0 Å². The highest BCUT2D eigenvalue weighted by Crippen LogP contribution is 2.43. The first-order valence-electron chi connectivity index (χ1n) is 7.86.